The quantitative estimate of drug-likeness (QED) is 0.418. The maximum Gasteiger partial charge on any atom is 0.339 e. The number of benzene rings is 2. The number of rotatable bonds is 8. The molecule has 1 N–H and O–H groups in total. The van der Waals surface area contributed by atoms with Gasteiger partial charge in [-0.25, -0.2) is 4.79 Å². The minimum absolute atomic E-state index is 0.105. The Morgan fingerprint density at radius 2 is 1.72 bits per heavy atom. The highest BCUT2D eigenvalue weighted by Gasteiger charge is 2.22. The summed E-state index contributed by atoms with van der Waals surface area (Å²) in [6, 6.07) is 11.3. The summed E-state index contributed by atoms with van der Waals surface area (Å²) < 4.78 is 16.1. The van der Waals surface area contributed by atoms with Gasteiger partial charge in [0.15, 0.2) is 23.9 Å². The molecule has 152 valence electrons. The van der Waals surface area contributed by atoms with Crippen molar-refractivity contribution in [3.05, 3.63) is 59.2 Å². The first-order valence-corrected chi connectivity index (χ1v) is 9.57. The first-order valence-electron chi connectivity index (χ1n) is 9.57. The molecular weight excluding hydrogens is 374 g/mol. The van der Waals surface area contributed by atoms with Crippen molar-refractivity contribution in [1.29, 1.82) is 0 Å². The van der Waals surface area contributed by atoms with Gasteiger partial charge in [0.05, 0.1) is 5.56 Å². The topological polar surface area (TPSA) is 90.9 Å². The Morgan fingerprint density at radius 3 is 2.48 bits per heavy atom. The fourth-order valence-electron chi connectivity index (χ4n) is 2.86. The number of nitrogens with one attached hydrogen (secondary N) is 1. The van der Waals surface area contributed by atoms with Gasteiger partial charge in [-0.3, -0.25) is 9.59 Å². The molecule has 29 heavy (non-hydrogen) atoms. The molecule has 1 aliphatic heterocycles. The molecule has 0 saturated carbocycles. The number of unbranched alkanes of at least 4 members (excludes halogenated alkanes) is 1. The van der Waals surface area contributed by atoms with Gasteiger partial charge in [0.25, 0.3) is 5.91 Å². The van der Waals surface area contributed by atoms with E-state index in [0.29, 0.717) is 36.8 Å². The Morgan fingerprint density at radius 1 is 1.00 bits per heavy atom. The van der Waals surface area contributed by atoms with Gasteiger partial charge in [-0.05, 0) is 30.7 Å². The molecule has 3 rings (SSSR count). The molecule has 7 nitrogen and oxygen atoms in total. The van der Waals surface area contributed by atoms with Crippen LogP contribution < -0.4 is 14.8 Å². The van der Waals surface area contributed by atoms with E-state index in [9.17, 15) is 14.4 Å². The van der Waals surface area contributed by atoms with E-state index in [2.05, 4.69) is 5.32 Å². The molecule has 2 aromatic carbocycles. The molecule has 0 fully saturated rings. The lowest BCUT2D eigenvalue weighted by Gasteiger charge is -2.18. The van der Waals surface area contributed by atoms with Gasteiger partial charge in [-0.15, -0.1) is 0 Å². The third-order valence-electron chi connectivity index (χ3n) is 4.38. The van der Waals surface area contributed by atoms with Gasteiger partial charge in [0.2, 0.25) is 0 Å². The molecule has 0 spiro atoms. The zero-order chi connectivity index (χ0) is 20.6. The van der Waals surface area contributed by atoms with Gasteiger partial charge >= 0.3 is 5.97 Å². The van der Waals surface area contributed by atoms with Crippen molar-refractivity contribution >= 4 is 17.7 Å². The highest BCUT2D eigenvalue weighted by molar-refractivity contribution is 6.14. The van der Waals surface area contributed by atoms with Gasteiger partial charge in [-0.1, -0.05) is 31.5 Å². The first kappa shape index (κ1) is 20.4. The lowest BCUT2D eigenvalue weighted by molar-refractivity contribution is -0.124. The Hall–Kier alpha value is -3.35. The van der Waals surface area contributed by atoms with Crippen LogP contribution in [-0.2, 0) is 9.53 Å². The van der Waals surface area contributed by atoms with E-state index in [-0.39, 0.29) is 22.8 Å². The number of hydrogen-bond acceptors (Lipinski definition) is 6. The Labute approximate surface area is 169 Å². The number of esters is 1. The van der Waals surface area contributed by atoms with Crippen molar-refractivity contribution in [2.75, 3.05) is 26.4 Å². The van der Waals surface area contributed by atoms with Crippen LogP contribution in [0.5, 0.6) is 11.5 Å². The average molecular weight is 397 g/mol. The molecule has 0 bridgehead atoms. The molecule has 0 aliphatic carbocycles. The standard InChI is InChI=1S/C22H23NO6/c1-2-3-10-23-20(24)14-29-22(26)17-7-5-4-6-16(17)21(25)15-8-9-18-19(13-15)28-12-11-27-18/h4-9,13H,2-3,10-12,14H2,1H3,(H,23,24). The fourth-order valence-corrected chi connectivity index (χ4v) is 2.86. The summed E-state index contributed by atoms with van der Waals surface area (Å²) >= 11 is 0. The monoisotopic (exact) mass is 397 g/mol. The largest absolute Gasteiger partial charge is 0.486 e. The van der Waals surface area contributed by atoms with E-state index < -0.39 is 12.6 Å². The lowest BCUT2D eigenvalue weighted by Crippen LogP contribution is -2.29. The van der Waals surface area contributed by atoms with Crippen molar-refractivity contribution < 1.29 is 28.6 Å². The second kappa shape index (κ2) is 9.73. The van der Waals surface area contributed by atoms with Gasteiger partial charge in [0.1, 0.15) is 13.2 Å². The zero-order valence-electron chi connectivity index (χ0n) is 16.2. The van der Waals surface area contributed by atoms with Crippen LogP contribution in [0.15, 0.2) is 42.5 Å². The maximum atomic E-state index is 13.0. The predicted molar refractivity (Wildman–Crippen MR) is 106 cm³/mol. The van der Waals surface area contributed by atoms with Crippen LogP contribution in [0.25, 0.3) is 0 Å². The third-order valence-corrected chi connectivity index (χ3v) is 4.38. The van der Waals surface area contributed by atoms with Crippen LogP contribution >= 0.6 is 0 Å². The van der Waals surface area contributed by atoms with Crippen LogP contribution in [0.3, 0.4) is 0 Å². The number of carbonyl (C=O) groups excluding carboxylic acids is 3. The second-order valence-electron chi connectivity index (χ2n) is 6.51. The number of amides is 1. The lowest BCUT2D eigenvalue weighted by atomic mass is 9.98. The summed E-state index contributed by atoms with van der Waals surface area (Å²) in [7, 11) is 0. The Balaban J connectivity index is 1.72. The normalized spacial score (nSPS) is 12.2. The van der Waals surface area contributed by atoms with Crippen molar-refractivity contribution in [2.45, 2.75) is 19.8 Å². The third kappa shape index (κ3) is 5.13. The summed E-state index contributed by atoms with van der Waals surface area (Å²) in [4.78, 5) is 37.2. The SMILES string of the molecule is CCCCNC(=O)COC(=O)c1ccccc1C(=O)c1ccc2c(c1)OCCO2. The number of fused-ring (bicyclic) bond motifs is 1. The summed E-state index contributed by atoms with van der Waals surface area (Å²) in [5, 5.41) is 2.67. The minimum atomic E-state index is -0.725. The molecule has 1 amide bonds. The molecule has 0 atom stereocenters. The van der Waals surface area contributed by atoms with Crippen molar-refractivity contribution in [1.82, 2.24) is 5.32 Å². The molecule has 0 unspecified atom stereocenters. The molecule has 1 aliphatic rings. The summed E-state index contributed by atoms with van der Waals surface area (Å²) in [6.07, 6.45) is 1.81. The van der Waals surface area contributed by atoms with E-state index in [0.717, 1.165) is 12.8 Å². The molecule has 7 heteroatoms. The van der Waals surface area contributed by atoms with Crippen LogP contribution in [0, 0.1) is 0 Å². The van der Waals surface area contributed by atoms with Gasteiger partial charge < -0.3 is 19.5 Å². The summed E-state index contributed by atoms with van der Waals surface area (Å²) in [5.74, 6) is -0.373. The van der Waals surface area contributed by atoms with Crippen molar-refractivity contribution in [3.63, 3.8) is 0 Å². The van der Waals surface area contributed by atoms with Crippen LogP contribution in [-0.4, -0.2) is 44.0 Å². The predicted octanol–water partition coefficient (Wildman–Crippen LogP) is 2.76. The maximum absolute atomic E-state index is 13.0. The molecule has 1 heterocycles. The summed E-state index contributed by atoms with van der Waals surface area (Å²) in [5.41, 5.74) is 0.668. The van der Waals surface area contributed by atoms with Crippen molar-refractivity contribution in [3.8, 4) is 11.5 Å². The van der Waals surface area contributed by atoms with Crippen LogP contribution in [0.1, 0.15) is 46.0 Å². The van der Waals surface area contributed by atoms with Gasteiger partial charge in [-0.2, -0.15) is 0 Å². The Kier molecular flexibility index (Phi) is 6.84. The molecule has 0 saturated heterocycles. The number of ether oxygens (including phenoxy) is 3. The second-order valence-corrected chi connectivity index (χ2v) is 6.51. The average Bonchev–Trinajstić information content (AvgIpc) is 2.76. The van der Waals surface area contributed by atoms with Crippen molar-refractivity contribution in [2.24, 2.45) is 0 Å². The number of carbonyl (C=O) groups is 3. The first-order chi connectivity index (χ1) is 14.1. The smallest absolute Gasteiger partial charge is 0.339 e. The van der Waals surface area contributed by atoms with E-state index in [1.807, 2.05) is 6.92 Å². The minimum Gasteiger partial charge on any atom is -0.486 e. The summed E-state index contributed by atoms with van der Waals surface area (Å²) in [6.45, 7) is 3.03. The van der Waals surface area contributed by atoms with E-state index >= 15 is 0 Å². The van der Waals surface area contributed by atoms with Crippen LogP contribution in [0.2, 0.25) is 0 Å². The van der Waals surface area contributed by atoms with E-state index in [4.69, 9.17) is 14.2 Å². The number of ketones is 1. The van der Waals surface area contributed by atoms with E-state index in [1.54, 1.807) is 36.4 Å². The Bertz CT molecular complexity index is 908. The number of hydrogen-bond donors (Lipinski definition) is 1. The van der Waals surface area contributed by atoms with Gasteiger partial charge in [0, 0.05) is 17.7 Å². The molecular formula is C22H23NO6. The molecule has 0 aromatic heterocycles. The molecule has 0 radical (unpaired) electrons. The highest BCUT2D eigenvalue weighted by Crippen LogP contribution is 2.31. The fraction of sp³-hybridized carbons (Fsp3) is 0.318. The van der Waals surface area contributed by atoms with E-state index in [1.165, 1.54) is 6.07 Å². The zero-order valence-corrected chi connectivity index (χ0v) is 16.2. The highest BCUT2D eigenvalue weighted by atomic mass is 16.6. The van der Waals surface area contributed by atoms with Crippen LogP contribution in [0.4, 0.5) is 0 Å². The molecule has 2 aromatic rings.